The van der Waals surface area contributed by atoms with Crippen LogP contribution in [-0.2, 0) is 13.0 Å². The van der Waals surface area contributed by atoms with E-state index in [-0.39, 0.29) is 5.56 Å². The number of rotatable bonds is 5. The lowest BCUT2D eigenvalue weighted by atomic mass is 9.45. The maximum absolute atomic E-state index is 13.3. The molecule has 8 heteroatoms. The van der Waals surface area contributed by atoms with Crippen LogP contribution in [0.2, 0.25) is 10.0 Å². The second-order valence-corrected chi connectivity index (χ2v) is 14.8. The van der Waals surface area contributed by atoms with E-state index in [0.717, 1.165) is 48.6 Å². The first-order chi connectivity index (χ1) is 20.0. The third-order valence-corrected chi connectivity index (χ3v) is 11.1. The number of hydrogen-bond acceptors (Lipinski definition) is 3. The van der Waals surface area contributed by atoms with E-state index in [4.69, 9.17) is 28.2 Å². The minimum Gasteiger partial charge on any atom is -0.342 e. The molecule has 0 radical (unpaired) electrons. The Bertz CT molecular complexity index is 1560. The average molecular weight is 609 g/mol. The molecule has 3 saturated carbocycles. The Morgan fingerprint density at radius 3 is 2.50 bits per heavy atom. The largest absolute Gasteiger partial charge is 0.342 e. The zero-order valence-corrected chi connectivity index (χ0v) is 26.9. The van der Waals surface area contributed by atoms with Gasteiger partial charge in [0.25, 0.3) is 5.56 Å². The number of aliphatic imine (C=N–C) groups is 1. The fourth-order valence-corrected chi connectivity index (χ4v) is 8.47. The topological polar surface area (TPSA) is 62.5 Å². The molecule has 1 aromatic heterocycles. The van der Waals surface area contributed by atoms with Gasteiger partial charge in [-0.15, -0.1) is 0 Å². The minimum atomic E-state index is -0.0536. The van der Waals surface area contributed by atoms with Gasteiger partial charge in [-0.2, -0.15) is 0 Å². The molecule has 7 rings (SSSR count). The monoisotopic (exact) mass is 607 g/mol. The number of hydrogen-bond donors (Lipinski definition) is 1. The maximum atomic E-state index is 13.3. The number of benzene rings is 2. The summed E-state index contributed by atoms with van der Waals surface area (Å²) in [5, 5.41) is 5.51. The first kappa shape index (κ1) is 29.5. The van der Waals surface area contributed by atoms with Crippen molar-refractivity contribution in [1.82, 2.24) is 14.5 Å². The first-order valence-electron chi connectivity index (χ1n) is 15.5. The lowest BCUT2D eigenvalue weighted by Crippen LogP contribution is -2.57. The van der Waals surface area contributed by atoms with Crippen molar-refractivity contribution in [3.05, 3.63) is 68.7 Å². The molecule has 1 N–H and O–H groups in total. The van der Waals surface area contributed by atoms with Crippen molar-refractivity contribution < 1.29 is 0 Å². The van der Waals surface area contributed by atoms with E-state index in [1.165, 1.54) is 12.8 Å². The molecule has 1 aliphatic heterocycles. The number of nitrogens with one attached hydrogen (secondary N) is 1. The van der Waals surface area contributed by atoms with Crippen molar-refractivity contribution in [3.63, 3.8) is 0 Å². The quantitative estimate of drug-likeness (QED) is 0.238. The van der Waals surface area contributed by atoms with Gasteiger partial charge in [-0.3, -0.25) is 9.36 Å². The Hall–Kier alpha value is -2.57. The van der Waals surface area contributed by atoms with Gasteiger partial charge in [0, 0.05) is 35.4 Å². The summed E-state index contributed by atoms with van der Waals surface area (Å²) < 4.78 is 1.65. The normalized spacial score (nSPS) is 28.9. The van der Waals surface area contributed by atoms with E-state index >= 15 is 0 Å². The molecular weight excluding hydrogens is 565 g/mol. The van der Waals surface area contributed by atoms with Crippen LogP contribution in [0.1, 0.15) is 59.4 Å². The highest BCUT2D eigenvalue weighted by molar-refractivity contribution is 6.35. The van der Waals surface area contributed by atoms with Gasteiger partial charge in [0.1, 0.15) is 0 Å². The van der Waals surface area contributed by atoms with Gasteiger partial charge in [0.05, 0.1) is 23.3 Å². The first-order valence-corrected chi connectivity index (χ1v) is 16.3. The summed E-state index contributed by atoms with van der Waals surface area (Å²) in [5.41, 5.74) is 2.93. The zero-order chi connectivity index (χ0) is 29.8. The van der Waals surface area contributed by atoms with Crippen LogP contribution in [0.4, 0.5) is 5.69 Å². The molecule has 1 saturated heterocycles. The number of aryl methyl sites for hydroxylation is 2. The molecule has 4 aliphatic rings. The summed E-state index contributed by atoms with van der Waals surface area (Å²) in [5.74, 6) is 4.29. The molecule has 42 heavy (non-hydrogen) atoms. The van der Waals surface area contributed by atoms with Crippen molar-refractivity contribution in [1.29, 1.82) is 0 Å². The second kappa shape index (κ2) is 11.5. The highest BCUT2D eigenvalue weighted by atomic mass is 35.5. The van der Waals surface area contributed by atoms with Crippen LogP contribution < -0.4 is 10.9 Å². The molecule has 3 aromatic rings. The summed E-state index contributed by atoms with van der Waals surface area (Å²) >= 11 is 12.4. The summed E-state index contributed by atoms with van der Waals surface area (Å²) in [6, 6.07) is 11.6. The molecule has 6 atom stereocenters. The van der Waals surface area contributed by atoms with E-state index in [9.17, 15) is 4.79 Å². The molecule has 0 spiro atoms. The Balaban J connectivity index is 1.24. The van der Waals surface area contributed by atoms with E-state index in [1.807, 2.05) is 30.3 Å². The Kier molecular flexibility index (Phi) is 8.08. The van der Waals surface area contributed by atoms with Crippen LogP contribution in [0.25, 0.3) is 10.9 Å². The molecule has 2 aromatic carbocycles. The molecular formula is C34H43Cl2N5O. The number of nitrogens with zero attached hydrogens (tertiary/aromatic N) is 4. The van der Waals surface area contributed by atoms with E-state index < -0.39 is 0 Å². The second-order valence-electron chi connectivity index (χ2n) is 13.9. The van der Waals surface area contributed by atoms with Crippen molar-refractivity contribution in [3.8, 4) is 0 Å². The van der Waals surface area contributed by atoms with Crippen molar-refractivity contribution in [2.45, 2.75) is 72.9 Å². The number of likely N-dealkylation sites (tertiary alicyclic amines) is 1. The predicted octanol–water partition coefficient (Wildman–Crippen LogP) is 7.76. The number of halogens is 2. The molecule has 224 valence electrons. The van der Waals surface area contributed by atoms with Crippen LogP contribution in [0.5, 0.6) is 0 Å². The molecule has 0 amide bonds. The number of fused-ring (bicyclic) bond motifs is 3. The van der Waals surface area contributed by atoms with Crippen molar-refractivity contribution in [2.75, 3.05) is 18.4 Å². The molecule has 0 unspecified atom stereocenters. The van der Waals surface area contributed by atoms with Crippen LogP contribution in [-0.4, -0.2) is 39.5 Å². The minimum absolute atomic E-state index is 0.0536. The highest BCUT2D eigenvalue weighted by Gasteiger charge is 2.56. The molecule has 6 nitrogen and oxygen atoms in total. The fourth-order valence-electron chi connectivity index (χ4n) is 7.97. The Morgan fingerprint density at radius 2 is 1.81 bits per heavy atom. The Labute approximate surface area is 259 Å². The lowest BCUT2D eigenvalue weighted by molar-refractivity contribution is -0.108. The van der Waals surface area contributed by atoms with E-state index in [1.54, 1.807) is 17.0 Å². The SMILES string of the molecule is C[C@@H]1C[C@H](C)CN(C(=N[C@H]2C[C@@H]3C[C@H]([C@@H]2C)C3(C)C)Nc2ccc3c(=O)n(CCc4ccc(Cl)cc4Cl)cnc3c2)C1. The third-order valence-electron chi connectivity index (χ3n) is 10.5. The van der Waals surface area contributed by atoms with Gasteiger partial charge in [0.15, 0.2) is 5.96 Å². The fraction of sp³-hybridized carbons (Fsp3) is 0.559. The van der Waals surface area contributed by atoms with Gasteiger partial charge in [0.2, 0.25) is 0 Å². The molecule has 4 fully saturated rings. The van der Waals surface area contributed by atoms with Gasteiger partial charge >= 0.3 is 0 Å². The molecule has 2 heterocycles. The molecule has 3 aliphatic carbocycles. The van der Waals surface area contributed by atoms with E-state index in [2.05, 4.69) is 49.8 Å². The summed E-state index contributed by atoms with van der Waals surface area (Å²) in [6.07, 6.45) is 6.02. The van der Waals surface area contributed by atoms with Gasteiger partial charge in [-0.1, -0.05) is 63.9 Å². The summed E-state index contributed by atoms with van der Waals surface area (Å²) in [7, 11) is 0. The van der Waals surface area contributed by atoms with E-state index in [0.29, 0.717) is 63.1 Å². The Morgan fingerprint density at radius 1 is 1.05 bits per heavy atom. The van der Waals surface area contributed by atoms with Crippen LogP contribution in [0.15, 0.2) is 52.5 Å². The maximum Gasteiger partial charge on any atom is 0.261 e. The van der Waals surface area contributed by atoms with Crippen LogP contribution >= 0.6 is 23.2 Å². The van der Waals surface area contributed by atoms with Crippen LogP contribution in [0, 0.1) is 35.0 Å². The van der Waals surface area contributed by atoms with Gasteiger partial charge < -0.3 is 10.2 Å². The number of piperidine rings is 1. The highest BCUT2D eigenvalue weighted by Crippen LogP contribution is 2.61. The molecule has 2 bridgehead atoms. The van der Waals surface area contributed by atoms with Crippen molar-refractivity contribution >= 4 is 45.8 Å². The number of aromatic nitrogens is 2. The number of anilines is 1. The number of guanidine groups is 1. The summed E-state index contributed by atoms with van der Waals surface area (Å²) in [4.78, 5) is 25.9. The van der Waals surface area contributed by atoms with Crippen LogP contribution in [0.3, 0.4) is 0 Å². The standard InChI is InChI=1S/C34H43Cl2N5O/c1-20-12-21(2)18-41(17-20)33(39-30-14-24-13-28(22(30)3)34(24,4)5)38-26-8-9-27-31(16-26)37-19-40(32(27)42)11-10-23-6-7-25(35)15-29(23)36/h6-9,15-16,19-22,24,28,30H,10-14,17-18H2,1-5H3,(H,38,39)/t20-,21+,22-,24-,28+,30-/m0/s1. The summed E-state index contributed by atoms with van der Waals surface area (Å²) in [6.45, 7) is 14.5. The average Bonchev–Trinajstić information content (AvgIpc) is 2.93. The van der Waals surface area contributed by atoms with Gasteiger partial charge in [-0.05, 0) is 96.6 Å². The van der Waals surface area contributed by atoms with Gasteiger partial charge in [-0.25, -0.2) is 9.98 Å². The smallest absolute Gasteiger partial charge is 0.261 e. The predicted molar refractivity (Wildman–Crippen MR) is 175 cm³/mol. The van der Waals surface area contributed by atoms with Crippen molar-refractivity contribution in [2.24, 2.45) is 40.0 Å². The third kappa shape index (κ3) is 5.69. The zero-order valence-electron chi connectivity index (χ0n) is 25.4. The lowest BCUT2D eigenvalue weighted by Gasteiger charge is -2.61.